The molecule has 0 N–H and O–H groups in total. The molecular formula is C28H35NO3S. The second-order valence-corrected chi connectivity index (χ2v) is 10.2. The number of Topliss-reactive ketones (excluding diaryl/α,β-unsaturated/α-hetero) is 2. The molecule has 0 bridgehead atoms. The van der Waals surface area contributed by atoms with E-state index in [0.717, 1.165) is 61.0 Å². The highest BCUT2D eigenvalue weighted by atomic mass is 32.2. The molecule has 1 aliphatic heterocycles. The maximum absolute atomic E-state index is 13.0. The summed E-state index contributed by atoms with van der Waals surface area (Å²) >= 11 is 1.77. The minimum absolute atomic E-state index is 0.0791. The minimum atomic E-state index is -0.569. The molecule has 4 nitrogen and oxygen atoms in total. The number of rotatable bonds is 5. The van der Waals surface area contributed by atoms with Crippen molar-refractivity contribution in [3.8, 4) is 0 Å². The molecule has 2 aromatic carbocycles. The van der Waals surface area contributed by atoms with Gasteiger partial charge in [0.15, 0.2) is 5.78 Å². The highest BCUT2D eigenvalue weighted by Gasteiger charge is 2.43. The van der Waals surface area contributed by atoms with Gasteiger partial charge < -0.3 is 4.90 Å². The molecule has 4 rings (SSSR count). The van der Waals surface area contributed by atoms with Crippen LogP contribution in [0, 0.1) is 32.6 Å². The van der Waals surface area contributed by atoms with Gasteiger partial charge in [-0.25, -0.2) is 0 Å². The van der Waals surface area contributed by atoms with Crippen LogP contribution in [0.4, 0.5) is 0 Å². The molecule has 2 fully saturated rings. The number of ketones is 2. The van der Waals surface area contributed by atoms with E-state index in [2.05, 4.69) is 30.5 Å². The lowest BCUT2D eigenvalue weighted by Crippen LogP contribution is -2.33. The molecule has 1 amide bonds. The van der Waals surface area contributed by atoms with E-state index >= 15 is 0 Å². The number of likely N-dealkylation sites (tertiary alicyclic amines) is 1. The first-order valence-corrected chi connectivity index (χ1v) is 13.0. The Balaban J connectivity index is 0.000000323. The van der Waals surface area contributed by atoms with E-state index in [1.807, 2.05) is 39.0 Å². The molecule has 1 saturated heterocycles. The van der Waals surface area contributed by atoms with Crippen molar-refractivity contribution in [1.29, 1.82) is 0 Å². The van der Waals surface area contributed by atoms with Gasteiger partial charge in [-0.2, -0.15) is 0 Å². The van der Waals surface area contributed by atoms with Crippen molar-refractivity contribution in [3.63, 3.8) is 0 Å². The Hall–Kier alpha value is -2.40. The summed E-state index contributed by atoms with van der Waals surface area (Å²) in [6.45, 7) is 7.57. The Labute approximate surface area is 202 Å². The van der Waals surface area contributed by atoms with Crippen molar-refractivity contribution < 1.29 is 14.4 Å². The molecule has 0 aromatic heterocycles. The quantitative estimate of drug-likeness (QED) is 0.331. The lowest BCUT2D eigenvalue weighted by molar-refractivity contribution is -0.125. The fourth-order valence-electron chi connectivity index (χ4n) is 5.26. The van der Waals surface area contributed by atoms with E-state index in [1.54, 1.807) is 16.7 Å². The third-order valence-electron chi connectivity index (χ3n) is 6.88. The fraction of sp³-hybridized carbons (Fsp3) is 0.464. The van der Waals surface area contributed by atoms with E-state index in [0.29, 0.717) is 12.3 Å². The number of piperidine rings is 1. The summed E-state index contributed by atoms with van der Waals surface area (Å²) in [5.41, 5.74) is 4.18. The zero-order chi connectivity index (χ0) is 24.0. The van der Waals surface area contributed by atoms with Gasteiger partial charge in [0.2, 0.25) is 6.41 Å². The summed E-state index contributed by atoms with van der Waals surface area (Å²) < 4.78 is 0. The van der Waals surface area contributed by atoms with E-state index in [-0.39, 0.29) is 17.5 Å². The minimum Gasteiger partial charge on any atom is -0.345 e. The molecule has 33 heavy (non-hydrogen) atoms. The highest BCUT2D eigenvalue weighted by Crippen LogP contribution is 2.39. The largest absolute Gasteiger partial charge is 0.345 e. The second-order valence-electron chi connectivity index (χ2n) is 9.35. The topological polar surface area (TPSA) is 54.5 Å². The van der Waals surface area contributed by atoms with Gasteiger partial charge in [0.05, 0.1) is 0 Å². The number of carbonyl (C=O) groups is 3. The zero-order valence-electron chi connectivity index (χ0n) is 20.2. The maximum atomic E-state index is 13.0. The summed E-state index contributed by atoms with van der Waals surface area (Å²) in [6.07, 6.45) is 6.02. The standard InChI is InChI=1S/C21H27NO3.C7H8S/c1-13-8-14(2)19(15(3)9-13)20-18(24)11-17(21(20)25)10-16-4-6-22(12-23)7-5-16;1-8-7-5-3-2-4-6-7/h8-9,12,16-17,20H,4-7,10-11H2,1-3H3;2-6H,1H3. The van der Waals surface area contributed by atoms with Gasteiger partial charge in [0.1, 0.15) is 11.7 Å². The van der Waals surface area contributed by atoms with Crippen molar-refractivity contribution in [2.45, 2.75) is 57.3 Å². The third kappa shape index (κ3) is 6.35. The summed E-state index contributed by atoms with van der Waals surface area (Å²) in [7, 11) is 0. The summed E-state index contributed by atoms with van der Waals surface area (Å²) in [5.74, 6) is -0.0868. The molecule has 1 heterocycles. The summed E-state index contributed by atoms with van der Waals surface area (Å²) in [5, 5.41) is 0. The van der Waals surface area contributed by atoms with E-state index in [9.17, 15) is 14.4 Å². The van der Waals surface area contributed by atoms with Crippen LogP contribution in [0.15, 0.2) is 47.4 Å². The van der Waals surface area contributed by atoms with Crippen LogP contribution in [0.1, 0.15) is 53.9 Å². The van der Waals surface area contributed by atoms with Crippen LogP contribution < -0.4 is 0 Å². The number of benzene rings is 2. The van der Waals surface area contributed by atoms with Gasteiger partial charge in [-0.05, 0) is 81.0 Å². The molecule has 2 atom stereocenters. The van der Waals surface area contributed by atoms with E-state index in [4.69, 9.17) is 0 Å². The van der Waals surface area contributed by atoms with Crippen LogP contribution in [-0.4, -0.2) is 42.2 Å². The second kappa shape index (κ2) is 11.6. The number of amides is 1. The monoisotopic (exact) mass is 465 g/mol. The Bertz CT molecular complexity index is 957. The first-order chi connectivity index (χ1) is 15.8. The normalized spacial score (nSPS) is 21.0. The van der Waals surface area contributed by atoms with Crippen molar-refractivity contribution in [3.05, 3.63) is 64.7 Å². The summed E-state index contributed by atoms with van der Waals surface area (Å²) in [4.78, 5) is 39.6. The van der Waals surface area contributed by atoms with Crippen LogP contribution >= 0.6 is 11.8 Å². The van der Waals surface area contributed by atoms with Crippen LogP contribution in [0.5, 0.6) is 0 Å². The Morgan fingerprint density at radius 2 is 1.61 bits per heavy atom. The van der Waals surface area contributed by atoms with Crippen molar-refractivity contribution in [2.24, 2.45) is 11.8 Å². The first-order valence-electron chi connectivity index (χ1n) is 11.8. The average Bonchev–Trinajstić information content (AvgIpc) is 3.08. The van der Waals surface area contributed by atoms with Gasteiger partial charge in [-0.15, -0.1) is 11.8 Å². The molecule has 5 heteroatoms. The molecule has 176 valence electrons. The van der Waals surface area contributed by atoms with Crippen LogP contribution in [-0.2, 0) is 14.4 Å². The Morgan fingerprint density at radius 1 is 1.00 bits per heavy atom. The van der Waals surface area contributed by atoms with Gasteiger partial charge in [0.25, 0.3) is 0 Å². The van der Waals surface area contributed by atoms with E-state index in [1.165, 1.54) is 4.90 Å². The van der Waals surface area contributed by atoms with Crippen LogP contribution in [0.2, 0.25) is 0 Å². The Kier molecular flexibility index (Phi) is 8.90. The smallest absolute Gasteiger partial charge is 0.209 e. The lowest BCUT2D eigenvalue weighted by atomic mass is 9.83. The molecule has 1 saturated carbocycles. The SMILES string of the molecule is CSc1ccccc1.Cc1cc(C)c(C2C(=O)CC(CC3CCN(C=O)CC3)C2=O)c(C)c1. The number of hydrogen-bond donors (Lipinski definition) is 0. The summed E-state index contributed by atoms with van der Waals surface area (Å²) in [6, 6.07) is 14.4. The number of aryl methyl sites for hydroxylation is 3. The zero-order valence-corrected chi connectivity index (χ0v) is 21.0. The van der Waals surface area contributed by atoms with Gasteiger partial charge in [-0.1, -0.05) is 35.9 Å². The molecule has 2 aliphatic rings. The number of carbonyl (C=O) groups excluding carboxylic acids is 3. The number of nitrogens with zero attached hydrogens (tertiary/aromatic N) is 1. The van der Waals surface area contributed by atoms with E-state index < -0.39 is 5.92 Å². The first kappa shape index (κ1) is 25.2. The molecular weight excluding hydrogens is 430 g/mol. The molecule has 1 aliphatic carbocycles. The third-order valence-corrected chi connectivity index (χ3v) is 7.62. The molecule has 2 unspecified atom stereocenters. The predicted octanol–water partition coefficient (Wildman–Crippen LogP) is 5.52. The fourth-order valence-corrected chi connectivity index (χ4v) is 5.69. The number of thioether (sulfide) groups is 1. The average molecular weight is 466 g/mol. The molecule has 0 spiro atoms. The predicted molar refractivity (Wildman–Crippen MR) is 135 cm³/mol. The van der Waals surface area contributed by atoms with Crippen LogP contribution in [0.25, 0.3) is 0 Å². The molecule has 0 radical (unpaired) electrons. The van der Waals surface area contributed by atoms with Gasteiger partial charge in [-0.3, -0.25) is 14.4 Å². The molecule has 2 aromatic rings. The number of hydrogen-bond acceptors (Lipinski definition) is 4. The van der Waals surface area contributed by atoms with Crippen molar-refractivity contribution in [1.82, 2.24) is 4.90 Å². The maximum Gasteiger partial charge on any atom is 0.209 e. The van der Waals surface area contributed by atoms with Crippen molar-refractivity contribution >= 4 is 29.7 Å². The van der Waals surface area contributed by atoms with Crippen molar-refractivity contribution in [2.75, 3.05) is 19.3 Å². The highest BCUT2D eigenvalue weighted by molar-refractivity contribution is 7.98. The Morgan fingerprint density at radius 3 is 2.12 bits per heavy atom. The van der Waals surface area contributed by atoms with Crippen LogP contribution in [0.3, 0.4) is 0 Å². The van der Waals surface area contributed by atoms with Gasteiger partial charge >= 0.3 is 0 Å². The van der Waals surface area contributed by atoms with Gasteiger partial charge in [0, 0.05) is 30.3 Å². The lowest BCUT2D eigenvalue weighted by Gasteiger charge is -2.30.